The lowest BCUT2D eigenvalue weighted by molar-refractivity contribution is -0.116. The molecule has 0 fully saturated rings. The molecule has 0 spiro atoms. The maximum Gasteiger partial charge on any atom is 0.224 e. The number of nitrogens with one attached hydrogen (secondary N) is 1. The molecule has 0 unspecified atom stereocenters. The van der Waals surface area contributed by atoms with Crippen LogP contribution < -0.4 is 10.1 Å². The minimum Gasteiger partial charge on any atom is -0.493 e. The number of carbonyl (C=O) groups excluding carboxylic acids is 1. The fourth-order valence-electron chi connectivity index (χ4n) is 2.08. The standard InChI is InChI=1S/C14H18ClNO2/c15-9-2-1-3-10-18-13-6-4-5-12-11(13)7-8-14(17)16-12/h4-6H,1-3,7-10H2,(H,16,17). The maximum absolute atomic E-state index is 11.3. The van der Waals surface area contributed by atoms with Crippen molar-refractivity contribution in [2.45, 2.75) is 32.1 Å². The maximum atomic E-state index is 11.3. The van der Waals surface area contributed by atoms with Crippen molar-refractivity contribution in [2.24, 2.45) is 0 Å². The van der Waals surface area contributed by atoms with Crippen LogP contribution in [0.3, 0.4) is 0 Å². The van der Waals surface area contributed by atoms with Gasteiger partial charge in [0.15, 0.2) is 0 Å². The molecule has 98 valence electrons. The van der Waals surface area contributed by atoms with Crippen LogP contribution in [-0.2, 0) is 11.2 Å². The first kappa shape index (κ1) is 13.2. The zero-order valence-corrected chi connectivity index (χ0v) is 11.1. The molecule has 1 aromatic carbocycles. The highest BCUT2D eigenvalue weighted by Crippen LogP contribution is 2.31. The lowest BCUT2D eigenvalue weighted by Gasteiger charge is -2.20. The summed E-state index contributed by atoms with van der Waals surface area (Å²) < 4.78 is 5.79. The highest BCUT2D eigenvalue weighted by molar-refractivity contribution is 6.17. The zero-order chi connectivity index (χ0) is 12.8. The van der Waals surface area contributed by atoms with Gasteiger partial charge >= 0.3 is 0 Å². The molecule has 0 aromatic heterocycles. The first-order chi connectivity index (χ1) is 8.81. The lowest BCUT2D eigenvalue weighted by atomic mass is 10.0. The molecule has 1 N–H and O–H groups in total. The summed E-state index contributed by atoms with van der Waals surface area (Å²) in [6, 6.07) is 5.81. The summed E-state index contributed by atoms with van der Waals surface area (Å²) in [6.45, 7) is 0.710. The van der Waals surface area contributed by atoms with Gasteiger partial charge in [-0.3, -0.25) is 4.79 Å². The van der Waals surface area contributed by atoms with Gasteiger partial charge in [-0.2, -0.15) is 0 Å². The Morgan fingerprint density at radius 1 is 1.22 bits per heavy atom. The zero-order valence-electron chi connectivity index (χ0n) is 10.4. The van der Waals surface area contributed by atoms with Gasteiger partial charge in [0.2, 0.25) is 5.91 Å². The van der Waals surface area contributed by atoms with Crippen LogP contribution in [0.1, 0.15) is 31.2 Å². The van der Waals surface area contributed by atoms with Crippen molar-refractivity contribution in [3.05, 3.63) is 23.8 Å². The topological polar surface area (TPSA) is 38.3 Å². The van der Waals surface area contributed by atoms with Crippen LogP contribution in [0.4, 0.5) is 5.69 Å². The van der Waals surface area contributed by atoms with E-state index in [0.717, 1.165) is 42.7 Å². The molecule has 1 heterocycles. The quantitative estimate of drug-likeness (QED) is 0.634. The highest BCUT2D eigenvalue weighted by Gasteiger charge is 2.17. The largest absolute Gasteiger partial charge is 0.493 e. The van der Waals surface area contributed by atoms with E-state index in [0.29, 0.717) is 18.9 Å². The number of alkyl halides is 1. The number of rotatable bonds is 6. The second-order valence-corrected chi connectivity index (χ2v) is 4.81. The number of hydrogen-bond donors (Lipinski definition) is 1. The summed E-state index contributed by atoms with van der Waals surface area (Å²) in [7, 11) is 0. The molecule has 4 heteroatoms. The van der Waals surface area contributed by atoms with Crippen LogP contribution in [0.15, 0.2) is 18.2 Å². The van der Waals surface area contributed by atoms with E-state index in [1.54, 1.807) is 0 Å². The van der Waals surface area contributed by atoms with Gasteiger partial charge in [0.05, 0.1) is 6.61 Å². The molecular weight excluding hydrogens is 250 g/mol. The van der Waals surface area contributed by atoms with Crippen LogP contribution in [0, 0.1) is 0 Å². The second kappa shape index (κ2) is 6.64. The van der Waals surface area contributed by atoms with Gasteiger partial charge < -0.3 is 10.1 Å². The van der Waals surface area contributed by atoms with E-state index in [9.17, 15) is 4.79 Å². The average molecular weight is 268 g/mol. The monoisotopic (exact) mass is 267 g/mol. The predicted molar refractivity (Wildman–Crippen MR) is 73.5 cm³/mol. The van der Waals surface area contributed by atoms with E-state index >= 15 is 0 Å². The fourth-order valence-corrected chi connectivity index (χ4v) is 2.27. The number of benzene rings is 1. The van der Waals surface area contributed by atoms with Crippen LogP contribution in [0.25, 0.3) is 0 Å². The molecule has 18 heavy (non-hydrogen) atoms. The molecule has 0 saturated heterocycles. The van der Waals surface area contributed by atoms with E-state index in [-0.39, 0.29) is 5.91 Å². The summed E-state index contributed by atoms with van der Waals surface area (Å²) in [4.78, 5) is 11.3. The Morgan fingerprint density at radius 2 is 2.11 bits per heavy atom. The number of ether oxygens (including phenoxy) is 1. The smallest absolute Gasteiger partial charge is 0.224 e. The van der Waals surface area contributed by atoms with Crippen molar-refractivity contribution in [2.75, 3.05) is 17.8 Å². The molecule has 0 aliphatic carbocycles. The minimum atomic E-state index is 0.0850. The molecule has 1 aliphatic heterocycles. The van der Waals surface area contributed by atoms with Crippen molar-refractivity contribution in [1.82, 2.24) is 0 Å². The normalized spacial score (nSPS) is 13.9. The Hall–Kier alpha value is -1.22. The molecule has 0 bridgehead atoms. The SMILES string of the molecule is O=C1CCc2c(cccc2OCCCCCCl)N1. The van der Waals surface area contributed by atoms with Gasteiger partial charge in [0, 0.05) is 23.6 Å². The van der Waals surface area contributed by atoms with Crippen LogP contribution in [0.5, 0.6) is 5.75 Å². The van der Waals surface area contributed by atoms with Crippen LogP contribution in [0.2, 0.25) is 0 Å². The summed E-state index contributed by atoms with van der Waals surface area (Å²) in [5.74, 6) is 1.70. The molecule has 2 rings (SSSR count). The van der Waals surface area contributed by atoms with E-state index < -0.39 is 0 Å². The molecule has 1 aromatic rings. The van der Waals surface area contributed by atoms with Crippen LogP contribution >= 0.6 is 11.6 Å². The first-order valence-electron chi connectivity index (χ1n) is 6.42. The summed E-state index contributed by atoms with van der Waals surface area (Å²) in [5, 5.41) is 2.87. The number of hydrogen-bond acceptors (Lipinski definition) is 2. The number of anilines is 1. The number of halogens is 1. The molecule has 1 aliphatic rings. The predicted octanol–water partition coefficient (Wildman–Crippen LogP) is 3.36. The van der Waals surface area contributed by atoms with Gasteiger partial charge in [-0.05, 0) is 37.8 Å². The molecule has 3 nitrogen and oxygen atoms in total. The van der Waals surface area contributed by atoms with Gasteiger partial charge in [0.25, 0.3) is 0 Å². The van der Waals surface area contributed by atoms with Crippen molar-refractivity contribution < 1.29 is 9.53 Å². The third kappa shape index (κ3) is 3.39. The van der Waals surface area contributed by atoms with Gasteiger partial charge in [-0.15, -0.1) is 11.6 Å². The van der Waals surface area contributed by atoms with Gasteiger partial charge in [-0.1, -0.05) is 6.07 Å². The van der Waals surface area contributed by atoms with E-state index in [4.69, 9.17) is 16.3 Å². The Morgan fingerprint density at radius 3 is 2.94 bits per heavy atom. The third-order valence-corrected chi connectivity index (χ3v) is 3.31. The minimum absolute atomic E-state index is 0.0850. The van der Waals surface area contributed by atoms with Crippen LogP contribution in [-0.4, -0.2) is 18.4 Å². The van der Waals surface area contributed by atoms with Gasteiger partial charge in [-0.25, -0.2) is 0 Å². The Balaban J connectivity index is 1.93. The number of carbonyl (C=O) groups is 1. The Bertz CT molecular complexity index is 420. The molecular formula is C14H18ClNO2. The number of fused-ring (bicyclic) bond motifs is 1. The second-order valence-electron chi connectivity index (χ2n) is 4.43. The lowest BCUT2D eigenvalue weighted by Crippen LogP contribution is -2.19. The van der Waals surface area contributed by atoms with Crippen molar-refractivity contribution in [3.8, 4) is 5.75 Å². The van der Waals surface area contributed by atoms with Gasteiger partial charge in [0.1, 0.15) is 5.75 Å². The Labute approximate surface area is 112 Å². The summed E-state index contributed by atoms with van der Waals surface area (Å²) >= 11 is 5.62. The molecule has 1 amide bonds. The highest BCUT2D eigenvalue weighted by atomic mass is 35.5. The Kier molecular flexibility index (Phi) is 4.88. The van der Waals surface area contributed by atoms with Crippen molar-refractivity contribution in [3.63, 3.8) is 0 Å². The molecule has 0 radical (unpaired) electrons. The summed E-state index contributed by atoms with van der Waals surface area (Å²) in [6.07, 6.45) is 4.45. The van der Waals surface area contributed by atoms with Crippen molar-refractivity contribution in [1.29, 1.82) is 0 Å². The first-order valence-corrected chi connectivity index (χ1v) is 6.95. The fraction of sp³-hybridized carbons (Fsp3) is 0.500. The molecule has 0 atom stereocenters. The van der Waals surface area contributed by atoms with E-state index in [2.05, 4.69) is 5.32 Å². The number of amides is 1. The summed E-state index contributed by atoms with van der Waals surface area (Å²) in [5.41, 5.74) is 2.01. The molecule has 0 saturated carbocycles. The number of unbranched alkanes of at least 4 members (excludes halogenated alkanes) is 2. The van der Waals surface area contributed by atoms with E-state index in [1.165, 1.54) is 0 Å². The average Bonchev–Trinajstić information content (AvgIpc) is 2.38. The third-order valence-electron chi connectivity index (χ3n) is 3.04. The van der Waals surface area contributed by atoms with Crippen molar-refractivity contribution >= 4 is 23.2 Å². The van der Waals surface area contributed by atoms with E-state index in [1.807, 2.05) is 18.2 Å².